The van der Waals surface area contributed by atoms with Crippen molar-refractivity contribution >= 4 is 23.2 Å². The van der Waals surface area contributed by atoms with Crippen LogP contribution < -0.4 is 15.5 Å². The highest BCUT2D eigenvalue weighted by Crippen LogP contribution is 2.12. The van der Waals surface area contributed by atoms with Gasteiger partial charge in [0.1, 0.15) is 12.4 Å². The zero-order valence-corrected chi connectivity index (χ0v) is 12.6. The molecule has 2 amide bonds. The summed E-state index contributed by atoms with van der Waals surface area (Å²) in [5, 5.41) is 13.2. The molecule has 1 heterocycles. The van der Waals surface area contributed by atoms with Gasteiger partial charge in [-0.05, 0) is 35.7 Å². The van der Waals surface area contributed by atoms with Gasteiger partial charge in [0.2, 0.25) is 5.91 Å². The molecule has 22 heavy (non-hydrogen) atoms. The van der Waals surface area contributed by atoms with E-state index in [0.29, 0.717) is 30.9 Å². The number of ether oxygens (including phenoxy) is 1. The van der Waals surface area contributed by atoms with E-state index in [-0.39, 0.29) is 5.91 Å². The zero-order chi connectivity index (χ0) is 15.8. The molecule has 0 saturated carbocycles. The molecule has 0 bridgehead atoms. The molecule has 0 spiro atoms. The summed E-state index contributed by atoms with van der Waals surface area (Å²) < 4.78 is 5.45. The molecule has 0 aliphatic heterocycles. The first-order valence-corrected chi connectivity index (χ1v) is 7.53. The van der Waals surface area contributed by atoms with E-state index in [1.165, 1.54) is 12.1 Å². The van der Waals surface area contributed by atoms with Gasteiger partial charge in [0.25, 0.3) is 5.91 Å². The number of hydrogen-bond acceptors (Lipinski definition) is 5. The van der Waals surface area contributed by atoms with Crippen molar-refractivity contribution in [3.63, 3.8) is 0 Å². The largest absolute Gasteiger partial charge is 0.492 e. The van der Waals surface area contributed by atoms with E-state index < -0.39 is 5.91 Å². The molecular formula is C15H16N2O4S. The van der Waals surface area contributed by atoms with Crippen LogP contribution >= 0.6 is 11.3 Å². The molecule has 1 aromatic heterocycles. The highest BCUT2D eigenvalue weighted by molar-refractivity contribution is 7.10. The molecule has 6 nitrogen and oxygen atoms in total. The van der Waals surface area contributed by atoms with E-state index in [1.807, 2.05) is 17.5 Å². The second-order valence-corrected chi connectivity index (χ2v) is 5.45. The van der Waals surface area contributed by atoms with Gasteiger partial charge in [-0.15, -0.1) is 11.3 Å². The Hall–Kier alpha value is -2.38. The van der Waals surface area contributed by atoms with E-state index in [9.17, 15) is 9.59 Å². The second kappa shape index (κ2) is 8.16. The molecule has 0 aliphatic carbocycles. The third kappa shape index (κ3) is 4.87. The fourth-order valence-corrected chi connectivity index (χ4v) is 2.46. The topological polar surface area (TPSA) is 87.7 Å². The molecule has 2 rings (SSSR count). The molecule has 0 aliphatic rings. The number of hydroxylamine groups is 1. The summed E-state index contributed by atoms with van der Waals surface area (Å²) in [6, 6.07) is 10.2. The lowest BCUT2D eigenvalue weighted by atomic mass is 10.2. The van der Waals surface area contributed by atoms with Crippen LogP contribution in [0.3, 0.4) is 0 Å². The number of carbonyl (C=O) groups excluding carboxylic acids is 2. The molecule has 0 atom stereocenters. The van der Waals surface area contributed by atoms with Crippen LogP contribution in [0.1, 0.15) is 15.2 Å². The lowest BCUT2D eigenvalue weighted by molar-refractivity contribution is -0.120. The molecule has 0 saturated heterocycles. The van der Waals surface area contributed by atoms with Crippen LogP contribution in [0.2, 0.25) is 0 Å². The Morgan fingerprint density at radius 3 is 2.59 bits per heavy atom. The monoisotopic (exact) mass is 320 g/mol. The Kier molecular flexibility index (Phi) is 5.93. The predicted molar refractivity (Wildman–Crippen MR) is 82.2 cm³/mol. The van der Waals surface area contributed by atoms with Crippen LogP contribution in [-0.2, 0) is 11.2 Å². The molecule has 3 N–H and O–H groups in total. The maximum atomic E-state index is 11.6. The molecule has 0 fully saturated rings. The predicted octanol–water partition coefficient (Wildman–Crippen LogP) is 1.60. The Morgan fingerprint density at radius 2 is 1.95 bits per heavy atom. The Labute approximate surface area is 131 Å². The zero-order valence-electron chi connectivity index (χ0n) is 11.7. The molecular weight excluding hydrogens is 304 g/mol. The SMILES string of the molecule is O=C(Cc1cccs1)NCCOc1ccc(C(=O)NO)cc1. The number of benzene rings is 1. The van der Waals surface area contributed by atoms with Crippen molar-refractivity contribution in [1.29, 1.82) is 0 Å². The summed E-state index contributed by atoms with van der Waals surface area (Å²) >= 11 is 1.55. The van der Waals surface area contributed by atoms with Crippen molar-refractivity contribution < 1.29 is 19.5 Å². The van der Waals surface area contributed by atoms with Gasteiger partial charge in [-0.3, -0.25) is 14.8 Å². The van der Waals surface area contributed by atoms with Crippen molar-refractivity contribution in [2.24, 2.45) is 0 Å². The van der Waals surface area contributed by atoms with Gasteiger partial charge in [-0.25, -0.2) is 5.48 Å². The van der Waals surface area contributed by atoms with E-state index in [1.54, 1.807) is 28.9 Å². The van der Waals surface area contributed by atoms with Crippen LogP contribution in [0.5, 0.6) is 5.75 Å². The van der Waals surface area contributed by atoms with Crippen molar-refractivity contribution in [3.05, 3.63) is 52.2 Å². The number of carbonyl (C=O) groups is 2. The van der Waals surface area contributed by atoms with Gasteiger partial charge in [-0.2, -0.15) is 0 Å². The first kappa shape index (κ1) is 16.0. The molecule has 0 radical (unpaired) electrons. The van der Waals surface area contributed by atoms with Crippen LogP contribution in [0, 0.1) is 0 Å². The smallest absolute Gasteiger partial charge is 0.274 e. The summed E-state index contributed by atoms with van der Waals surface area (Å²) in [5.41, 5.74) is 1.89. The van der Waals surface area contributed by atoms with Crippen molar-refractivity contribution in [1.82, 2.24) is 10.8 Å². The van der Waals surface area contributed by atoms with Gasteiger partial charge < -0.3 is 10.1 Å². The number of thiophene rings is 1. The highest BCUT2D eigenvalue weighted by atomic mass is 32.1. The van der Waals surface area contributed by atoms with Crippen LogP contribution in [-0.4, -0.2) is 30.2 Å². The Balaban J connectivity index is 1.68. The van der Waals surface area contributed by atoms with Gasteiger partial charge in [0.05, 0.1) is 13.0 Å². The molecule has 7 heteroatoms. The fraction of sp³-hybridized carbons (Fsp3) is 0.200. The summed E-state index contributed by atoms with van der Waals surface area (Å²) in [6.07, 6.45) is 0.378. The summed E-state index contributed by atoms with van der Waals surface area (Å²) in [4.78, 5) is 23.8. The van der Waals surface area contributed by atoms with E-state index in [0.717, 1.165) is 4.88 Å². The summed E-state index contributed by atoms with van der Waals surface area (Å²) in [5.74, 6) is -0.0320. The standard InChI is InChI=1S/C15H16N2O4S/c18-14(10-13-2-1-9-22-13)16-7-8-21-12-5-3-11(4-6-12)15(19)17-20/h1-6,9,20H,7-8,10H2,(H,16,18)(H,17,19). The summed E-state index contributed by atoms with van der Waals surface area (Å²) in [7, 11) is 0. The first-order valence-electron chi connectivity index (χ1n) is 6.65. The van der Waals surface area contributed by atoms with E-state index in [2.05, 4.69) is 5.32 Å². The third-order valence-electron chi connectivity index (χ3n) is 2.83. The average Bonchev–Trinajstić information content (AvgIpc) is 3.04. The van der Waals surface area contributed by atoms with Gasteiger partial charge in [0, 0.05) is 10.4 Å². The minimum atomic E-state index is -0.576. The Bertz CT molecular complexity index is 611. The van der Waals surface area contributed by atoms with Crippen LogP contribution in [0.15, 0.2) is 41.8 Å². The van der Waals surface area contributed by atoms with Crippen molar-refractivity contribution in [2.45, 2.75) is 6.42 Å². The molecule has 2 aromatic rings. The lowest BCUT2D eigenvalue weighted by Gasteiger charge is -2.08. The maximum Gasteiger partial charge on any atom is 0.274 e. The van der Waals surface area contributed by atoms with Crippen LogP contribution in [0.4, 0.5) is 0 Å². The van der Waals surface area contributed by atoms with Crippen molar-refractivity contribution in [2.75, 3.05) is 13.2 Å². The second-order valence-electron chi connectivity index (χ2n) is 4.42. The Morgan fingerprint density at radius 1 is 1.18 bits per heavy atom. The van der Waals surface area contributed by atoms with E-state index >= 15 is 0 Å². The number of rotatable bonds is 7. The highest BCUT2D eigenvalue weighted by Gasteiger charge is 2.05. The molecule has 116 valence electrons. The quantitative estimate of drug-likeness (QED) is 0.411. The minimum Gasteiger partial charge on any atom is -0.492 e. The number of amides is 2. The summed E-state index contributed by atoms with van der Waals surface area (Å²) in [6.45, 7) is 0.741. The molecule has 0 unspecified atom stereocenters. The number of hydrogen-bond donors (Lipinski definition) is 3. The number of nitrogens with one attached hydrogen (secondary N) is 2. The third-order valence-corrected chi connectivity index (χ3v) is 3.70. The van der Waals surface area contributed by atoms with Gasteiger partial charge in [0.15, 0.2) is 0 Å². The minimum absolute atomic E-state index is 0.0407. The molecule has 1 aromatic carbocycles. The maximum absolute atomic E-state index is 11.6. The van der Waals surface area contributed by atoms with Crippen molar-refractivity contribution in [3.8, 4) is 5.75 Å². The first-order chi connectivity index (χ1) is 10.7. The normalized spacial score (nSPS) is 10.0. The van der Waals surface area contributed by atoms with Crippen LogP contribution in [0.25, 0.3) is 0 Å². The van der Waals surface area contributed by atoms with Gasteiger partial charge in [-0.1, -0.05) is 6.07 Å². The fourth-order valence-electron chi connectivity index (χ4n) is 1.76. The van der Waals surface area contributed by atoms with Gasteiger partial charge >= 0.3 is 0 Å². The average molecular weight is 320 g/mol. The lowest BCUT2D eigenvalue weighted by Crippen LogP contribution is -2.29. The van der Waals surface area contributed by atoms with E-state index in [4.69, 9.17) is 9.94 Å².